The summed E-state index contributed by atoms with van der Waals surface area (Å²) in [5, 5.41) is 0. The molecule has 1 aliphatic heterocycles. The molecule has 150 valence electrons. The number of aryl methyl sites for hydroxylation is 1. The number of nitrogens with zero attached hydrogens (tertiary/aromatic N) is 2. The van der Waals surface area contributed by atoms with Gasteiger partial charge in [-0.15, -0.1) is 0 Å². The third-order valence-electron chi connectivity index (χ3n) is 5.01. The highest BCUT2D eigenvalue weighted by molar-refractivity contribution is 7.89. The topological polar surface area (TPSA) is 84.0 Å². The highest BCUT2D eigenvalue weighted by Crippen LogP contribution is 2.26. The number of hydrogen-bond acceptors (Lipinski definition) is 5. The van der Waals surface area contributed by atoms with Gasteiger partial charge in [0.1, 0.15) is 0 Å². The summed E-state index contributed by atoms with van der Waals surface area (Å²) in [5.41, 5.74) is 1.02. The van der Waals surface area contributed by atoms with Crippen LogP contribution < -0.4 is 0 Å². The van der Waals surface area contributed by atoms with Gasteiger partial charge in [0.25, 0.3) is 5.91 Å². The van der Waals surface area contributed by atoms with Gasteiger partial charge in [0.15, 0.2) is 0 Å². The molecule has 8 heteroatoms. The summed E-state index contributed by atoms with van der Waals surface area (Å²) in [6.45, 7) is 4.38. The van der Waals surface area contributed by atoms with Crippen molar-refractivity contribution in [1.82, 2.24) is 9.21 Å². The molecule has 1 saturated heterocycles. The summed E-state index contributed by atoms with van der Waals surface area (Å²) in [7, 11) is -0.773. The number of ether oxygens (including phenoxy) is 1. The second-order valence-electron chi connectivity index (χ2n) is 6.99. The number of sulfonamides is 1. The molecule has 2 rings (SSSR count). The smallest absolute Gasteiger partial charge is 0.307 e. The second-order valence-corrected chi connectivity index (χ2v) is 8.88. The molecular formula is C19H28N2O5S. The van der Waals surface area contributed by atoms with E-state index in [2.05, 4.69) is 4.74 Å². The van der Waals surface area contributed by atoms with E-state index in [4.69, 9.17) is 0 Å². The zero-order chi connectivity index (χ0) is 20.2. The van der Waals surface area contributed by atoms with E-state index in [1.807, 2.05) is 6.92 Å². The molecule has 27 heavy (non-hydrogen) atoms. The Kier molecular flexibility index (Phi) is 7.00. The van der Waals surface area contributed by atoms with Gasteiger partial charge in [0, 0.05) is 31.7 Å². The molecule has 1 aliphatic rings. The first-order valence-corrected chi connectivity index (χ1v) is 10.6. The van der Waals surface area contributed by atoms with Gasteiger partial charge in [-0.05, 0) is 44.4 Å². The van der Waals surface area contributed by atoms with Crippen molar-refractivity contribution in [2.45, 2.75) is 50.5 Å². The summed E-state index contributed by atoms with van der Waals surface area (Å²) in [6, 6.07) is 4.61. The molecule has 0 bridgehead atoms. The number of benzene rings is 1. The number of amides is 1. The Balaban J connectivity index is 2.27. The normalized spacial score (nSPS) is 18.1. The third-order valence-corrected chi connectivity index (χ3v) is 7.02. The van der Waals surface area contributed by atoms with E-state index >= 15 is 0 Å². The number of rotatable bonds is 6. The summed E-state index contributed by atoms with van der Waals surface area (Å²) in [5.74, 6) is -0.720. The van der Waals surface area contributed by atoms with Crippen LogP contribution in [-0.2, 0) is 19.6 Å². The van der Waals surface area contributed by atoms with Crippen molar-refractivity contribution in [2.24, 2.45) is 0 Å². The maximum atomic E-state index is 13.0. The zero-order valence-corrected chi connectivity index (χ0v) is 17.2. The molecule has 1 aromatic carbocycles. The van der Waals surface area contributed by atoms with Gasteiger partial charge in [-0.1, -0.05) is 12.5 Å². The van der Waals surface area contributed by atoms with Crippen molar-refractivity contribution in [3.63, 3.8) is 0 Å². The van der Waals surface area contributed by atoms with Crippen molar-refractivity contribution in [3.05, 3.63) is 29.3 Å². The van der Waals surface area contributed by atoms with Gasteiger partial charge >= 0.3 is 5.97 Å². The lowest BCUT2D eigenvalue weighted by Crippen LogP contribution is -2.42. The SMILES string of the molecule is COC(=O)CCN(C)C(=O)c1cc(S(=O)(=O)N2CCCCC2C)ccc1C. The van der Waals surface area contributed by atoms with Crippen LogP contribution in [0.3, 0.4) is 0 Å². The molecule has 0 saturated carbocycles. The Morgan fingerprint density at radius 3 is 2.63 bits per heavy atom. The van der Waals surface area contributed by atoms with Gasteiger partial charge < -0.3 is 9.64 Å². The minimum atomic E-state index is -3.65. The van der Waals surface area contributed by atoms with E-state index in [1.165, 1.54) is 22.4 Å². The van der Waals surface area contributed by atoms with Gasteiger partial charge in [-0.25, -0.2) is 8.42 Å². The molecule has 7 nitrogen and oxygen atoms in total. The zero-order valence-electron chi connectivity index (χ0n) is 16.4. The molecule has 0 aromatic heterocycles. The van der Waals surface area contributed by atoms with E-state index in [-0.39, 0.29) is 29.8 Å². The van der Waals surface area contributed by atoms with Gasteiger partial charge in [0.2, 0.25) is 10.0 Å². The fourth-order valence-corrected chi connectivity index (χ4v) is 4.95. The largest absolute Gasteiger partial charge is 0.469 e. The molecular weight excluding hydrogens is 368 g/mol. The monoisotopic (exact) mass is 396 g/mol. The highest BCUT2D eigenvalue weighted by Gasteiger charge is 2.31. The van der Waals surface area contributed by atoms with Gasteiger partial charge in [-0.3, -0.25) is 9.59 Å². The number of hydrogen-bond donors (Lipinski definition) is 0. The predicted octanol–water partition coefficient (Wildman–Crippen LogP) is 2.19. The van der Waals surface area contributed by atoms with Crippen molar-refractivity contribution in [3.8, 4) is 0 Å². The summed E-state index contributed by atoms with van der Waals surface area (Å²) >= 11 is 0. The van der Waals surface area contributed by atoms with Crippen LogP contribution in [0.25, 0.3) is 0 Å². The van der Waals surface area contributed by atoms with E-state index < -0.39 is 16.0 Å². The van der Waals surface area contributed by atoms with Crippen LogP contribution in [0.2, 0.25) is 0 Å². The Morgan fingerprint density at radius 1 is 1.30 bits per heavy atom. The standard InChI is InChI=1S/C19H28N2O5S/c1-14-8-9-16(27(24,25)21-11-6-5-7-15(21)2)13-17(14)19(23)20(3)12-10-18(22)26-4/h8-9,13,15H,5-7,10-12H2,1-4H3. The quantitative estimate of drug-likeness (QED) is 0.688. The van der Waals surface area contributed by atoms with Crippen molar-refractivity contribution < 1.29 is 22.7 Å². The molecule has 0 aliphatic carbocycles. The average molecular weight is 397 g/mol. The fourth-order valence-electron chi connectivity index (χ4n) is 3.22. The molecule has 0 N–H and O–H groups in total. The van der Waals surface area contributed by atoms with Crippen LogP contribution in [0.15, 0.2) is 23.1 Å². The van der Waals surface area contributed by atoms with Crippen molar-refractivity contribution in [1.29, 1.82) is 0 Å². The number of esters is 1. The first-order valence-electron chi connectivity index (χ1n) is 9.13. The van der Waals surface area contributed by atoms with E-state index in [0.29, 0.717) is 17.7 Å². The molecule has 1 heterocycles. The molecule has 1 amide bonds. The molecule has 1 atom stereocenters. The van der Waals surface area contributed by atoms with Gasteiger partial charge in [-0.2, -0.15) is 4.31 Å². The second kappa shape index (κ2) is 8.84. The predicted molar refractivity (Wildman–Crippen MR) is 102 cm³/mol. The van der Waals surface area contributed by atoms with E-state index in [1.54, 1.807) is 26.1 Å². The first kappa shape index (κ1) is 21.4. The lowest BCUT2D eigenvalue weighted by molar-refractivity contribution is -0.140. The molecule has 1 aromatic rings. The lowest BCUT2D eigenvalue weighted by atomic mass is 10.1. The average Bonchev–Trinajstić information content (AvgIpc) is 2.65. The third kappa shape index (κ3) is 4.87. The van der Waals surface area contributed by atoms with Crippen LogP contribution >= 0.6 is 0 Å². The number of carbonyl (C=O) groups is 2. The van der Waals surface area contributed by atoms with E-state index in [0.717, 1.165) is 19.3 Å². The minimum absolute atomic E-state index is 0.0491. The molecule has 0 radical (unpaired) electrons. The number of piperidine rings is 1. The Morgan fingerprint density at radius 2 is 2.00 bits per heavy atom. The highest BCUT2D eigenvalue weighted by atomic mass is 32.2. The summed E-state index contributed by atoms with van der Waals surface area (Å²) < 4.78 is 32.2. The van der Waals surface area contributed by atoms with Crippen LogP contribution in [0, 0.1) is 6.92 Å². The number of carbonyl (C=O) groups excluding carboxylic acids is 2. The van der Waals surface area contributed by atoms with E-state index in [9.17, 15) is 18.0 Å². The van der Waals surface area contributed by atoms with Crippen molar-refractivity contribution >= 4 is 21.9 Å². The minimum Gasteiger partial charge on any atom is -0.469 e. The van der Waals surface area contributed by atoms with Crippen LogP contribution in [0.5, 0.6) is 0 Å². The van der Waals surface area contributed by atoms with Crippen LogP contribution in [0.4, 0.5) is 0 Å². The van der Waals surface area contributed by atoms with Crippen molar-refractivity contribution in [2.75, 3.05) is 27.2 Å². The molecule has 1 fully saturated rings. The summed E-state index contributed by atoms with van der Waals surface area (Å²) in [6.07, 6.45) is 2.79. The maximum absolute atomic E-state index is 13.0. The number of methoxy groups -OCH3 is 1. The van der Waals surface area contributed by atoms with Crippen LogP contribution in [0.1, 0.15) is 48.5 Å². The molecule has 0 spiro atoms. The van der Waals surface area contributed by atoms with Gasteiger partial charge in [0.05, 0.1) is 18.4 Å². The Labute approximate surface area is 161 Å². The fraction of sp³-hybridized carbons (Fsp3) is 0.579. The first-order chi connectivity index (χ1) is 12.7. The summed E-state index contributed by atoms with van der Waals surface area (Å²) in [4.78, 5) is 25.6. The molecule has 1 unspecified atom stereocenters. The Hall–Kier alpha value is -1.93. The van der Waals surface area contributed by atoms with Crippen LogP contribution in [-0.4, -0.2) is 62.8 Å². The lowest BCUT2D eigenvalue weighted by Gasteiger charge is -2.32. The maximum Gasteiger partial charge on any atom is 0.307 e. The Bertz CT molecular complexity index is 806.